The molecule has 118 valence electrons. The molecule has 2 rings (SSSR count). The number of nitrogens with zero attached hydrogens (tertiary/aromatic N) is 1. The summed E-state index contributed by atoms with van der Waals surface area (Å²) in [6.45, 7) is 8.73. The summed E-state index contributed by atoms with van der Waals surface area (Å²) in [4.78, 5) is 12.0. The number of hydrogen-bond acceptors (Lipinski definition) is 3. The van der Waals surface area contributed by atoms with E-state index in [1.165, 1.54) is 12.8 Å². The van der Waals surface area contributed by atoms with Crippen LogP contribution in [0.2, 0.25) is 0 Å². The maximum Gasteiger partial charge on any atom is 0.225 e. The number of aromatic amines is 1. The second kappa shape index (κ2) is 7.07. The molecule has 0 aromatic carbocycles. The fourth-order valence-corrected chi connectivity index (χ4v) is 2.80. The molecule has 21 heavy (non-hydrogen) atoms. The van der Waals surface area contributed by atoms with E-state index in [4.69, 9.17) is 0 Å². The van der Waals surface area contributed by atoms with Crippen LogP contribution in [-0.2, 0) is 11.2 Å². The molecule has 0 unspecified atom stereocenters. The Balaban J connectivity index is 1.74. The van der Waals surface area contributed by atoms with Crippen LogP contribution in [0.4, 0.5) is 5.82 Å². The first kappa shape index (κ1) is 16.0. The summed E-state index contributed by atoms with van der Waals surface area (Å²) in [6.07, 6.45) is 4.86. The molecule has 0 saturated carbocycles. The molecular formula is C16H28N4O. The molecule has 5 nitrogen and oxygen atoms in total. The fraction of sp³-hybridized carbons (Fsp3) is 0.750. The van der Waals surface area contributed by atoms with Crippen molar-refractivity contribution in [3.63, 3.8) is 0 Å². The Kier molecular flexibility index (Phi) is 5.39. The Hall–Kier alpha value is -1.36. The van der Waals surface area contributed by atoms with E-state index < -0.39 is 0 Å². The van der Waals surface area contributed by atoms with Crippen LogP contribution in [0.15, 0.2) is 6.07 Å². The lowest BCUT2D eigenvalue weighted by Gasteiger charge is -2.21. The molecule has 1 aromatic rings. The van der Waals surface area contributed by atoms with Crippen molar-refractivity contribution >= 4 is 11.7 Å². The average Bonchev–Trinajstić information content (AvgIpc) is 2.82. The maximum absolute atomic E-state index is 12.0. The van der Waals surface area contributed by atoms with Gasteiger partial charge in [-0.2, -0.15) is 5.10 Å². The highest BCUT2D eigenvalue weighted by Crippen LogP contribution is 2.21. The fourth-order valence-electron chi connectivity index (χ4n) is 2.80. The van der Waals surface area contributed by atoms with Crippen LogP contribution >= 0.6 is 0 Å². The third-order valence-electron chi connectivity index (χ3n) is 3.86. The Bertz CT molecular complexity index is 455. The van der Waals surface area contributed by atoms with Crippen LogP contribution in [0.25, 0.3) is 0 Å². The molecule has 1 fully saturated rings. The highest BCUT2D eigenvalue weighted by molar-refractivity contribution is 5.89. The van der Waals surface area contributed by atoms with E-state index in [2.05, 4.69) is 41.6 Å². The molecule has 1 aromatic heterocycles. The zero-order chi connectivity index (χ0) is 15.3. The van der Waals surface area contributed by atoms with E-state index in [0.29, 0.717) is 18.2 Å². The number of H-pyrrole nitrogens is 1. The lowest BCUT2D eigenvalue weighted by Crippen LogP contribution is -2.28. The van der Waals surface area contributed by atoms with Gasteiger partial charge < -0.3 is 10.6 Å². The predicted octanol–water partition coefficient (Wildman–Crippen LogP) is 2.72. The number of anilines is 1. The molecule has 0 spiro atoms. The standard InChI is InChI=1S/C16H28N4O/c1-16(2,3)11-13-10-14(20-19-13)18-15(21)5-4-12-6-8-17-9-7-12/h10,12,17H,4-9,11H2,1-3H3,(H2,18,19,20,21). The molecule has 5 heteroatoms. The zero-order valence-electron chi connectivity index (χ0n) is 13.5. The minimum absolute atomic E-state index is 0.0716. The molecular weight excluding hydrogens is 264 g/mol. The number of nitrogens with one attached hydrogen (secondary N) is 3. The number of rotatable bonds is 5. The molecule has 1 aliphatic rings. The normalized spacial score (nSPS) is 16.9. The average molecular weight is 292 g/mol. The molecule has 1 saturated heterocycles. The van der Waals surface area contributed by atoms with E-state index in [1.54, 1.807) is 0 Å². The van der Waals surface area contributed by atoms with Crippen molar-refractivity contribution in [2.24, 2.45) is 11.3 Å². The second-order valence-corrected chi connectivity index (χ2v) is 7.30. The minimum atomic E-state index is 0.0716. The maximum atomic E-state index is 12.0. The van der Waals surface area contributed by atoms with E-state index in [0.717, 1.165) is 31.6 Å². The lowest BCUT2D eigenvalue weighted by molar-refractivity contribution is -0.116. The third-order valence-corrected chi connectivity index (χ3v) is 3.86. The summed E-state index contributed by atoms with van der Waals surface area (Å²) >= 11 is 0. The van der Waals surface area contributed by atoms with Gasteiger partial charge in [-0.1, -0.05) is 20.8 Å². The van der Waals surface area contributed by atoms with Crippen molar-refractivity contribution in [1.29, 1.82) is 0 Å². The highest BCUT2D eigenvalue weighted by Gasteiger charge is 2.16. The van der Waals surface area contributed by atoms with Crippen LogP contribution in [0.3, 0.4) is 0 Å². The Morgan fingerprint density at radius 1 is 1.38 bits per heavy atom. The van der Waals surface area contributed by atoms with Crippen molar-refractivity contribution in [1.82, 2.24) is 15.5 Å². The van der Waals surface area contributed by atoms with Gasteiger partial charge in [-0.05, 0) is 50.1 Å². The molecule has 0 aliphatic carbocycles. The van der Waals surface area contributed by atoms with Gasteiger partial charge in [0, 0.05) is 18.2 Å². The minimum Gasteiger partial charge on any atom is -0.317 e. The highest BCUT2D eigenvalue weighted by atomic mass is 16.1. The quantitative estimate of drug-likeness (QED) is 0.781. The summed E-state index contributed by atoms with van der Waals surface area (Å²) in [7, 11) is 0. The lowest BCUT2D eigenvalue weighted by atomic mass is 9.91. The van der Waals surface area contributed by atoms with E-state index in [1.807, 2.05) is 6.07 Å². The predicted molar refractivity (Wildman–Crippen MR) is 85.2 cm³/mol. The van der Waals surface area contributed by atoms with Crippen LogP contribution < -0.4 is 10.6 Å². The second-order valence-electron chi connectivity index (χ2n) is 7.30. The van der Waals surface area contributed by atoms with Gasteiger partial charge in [0.25, 0.3) is 0 Å². The largest absolute Gasteiger partial charge is 0.317 e. The number of piperidine rings is 1. The number of carbonyl (C=O) groups excluding carboxylic acids is 1. The van der Waals surface area contributed by atoms with E-state index in [-0.39, 0.29) is 11.3 Å². The number of hydrogen-bond donors (Lipinski definition) is 3. The molecule has 0 radical (unpaired) electrons. The van der Waals surface area contributed by atoms with Crippen LogP contribution in [0.5, 0.6) is 0 Å². The summed E-state index contributed by atoms with van der Waals surface area (Å²) in [5.41, 5.74) is 1.28. The number of carbonyl (C=O) groups is 1. The number of amides is 1. The zero-order valence-corrected chi connectivity index (χ0v) is 13.5. The van der Waals surface area contributed by atoms with Gasteiger partial charge in [-0.15, -0.1) is 0 Å². The van der Waals surface area contributed by atoms with Crippen LogP contribution in [-0.4, -0.2) is 29.2 Å². The topological polar surface area (TPSA) is 69.8 Å². The third kappa shape index (κ3) is 5.87. The van der Waals surface area contributed by atoms with Gasteiger partial charge in [-0.3, -0.25) is 9.89 Å². The molecule has 2 heterocycles. The van der Waals surface area contributed by atoms with Gasteiger partial charge in [0.05, 0.1) is 0 Å². The van der Waals surface area contributed by atoms with Gasteiger partial charge in [0.2, 0.25) is 5.91 Å². The van der Waals surface area contributed by atoms with Gasteiger partial charge in [-0.25, -0.2) is 0 Å². The van der Waals surface area contributed by atoms with E-state index >= 15 is 0 Å². The summed E-state index contributed by atoms with van der Waals surface area (Å²) in [6, 6.07) is 1.94. The molecule has 0 bridgehead atoms. The van der Waals surface area contributed by atoms with Gasteiger partial charge >= 0.3 is 0 Å². The molecule has 3 N–H and O–H groups in total. The summed E-state index contributed by atoms with van der Waals surface area (Å²) in [5, 5.41) is 13.4. The first-order chi connectivity index (χ1) is 9.92. The van der Waals surface area contributed by atoms with Crippen LogP contribution in [0, 0.1) is 11.3 Å². The van der Waals surface area contributed by atoms with Crippen molar-refractivity contribution in [3.8, 4) is 0 Å². The first-order valence-electron chi connectivity index (χ1n) is 7.97. The van der Waals surface area contributed by atoms with Crippen molar-refractivity contribution in [2.45, 2.75) is 52.9 Å². The Labute approximate surface area is 127 Å². The molecule has 1 amide bonds. The molecule has 0 atom stereocenters. The van der Waals surface area contributed by atoms with Crippen LogP contribution in [0.1, 0.15) is 52.1 Å². The van der Waals surface area contributed by atoms with Crippen molar-refractivity contribution in [2.75, 3.05) is 18.4 Å². The van der Waals surface area contributed by atoms with Crippen molar-refractivity contribution in [3.05, 3.63) is 11.8 Å². The van der Waals surface area contributed by atoms with Gasteiger partial charge in [0.15, 0.2) is 5.82 Å². The van der Waals surface area contributed by atoms with E-state index in [9.17, 15) is 4.79 Å². The monoisotopic (exact) mass is 292 g/mol. The Morgan fingerprint density at radius 3 is 2.76 bits per heavy atom. The first-order valence-corrected chi connectivity index (χ1v) is 7.97. The molecule has 1 aliphatic heterocycles. The smallest absolute Gasteiger partial charge is 0.225 e. The SMILES string of the molecule is CC(C)(C)Cc1cc(NC(=O)CCC2CCNCC2)n[nH]1. The summed E-state index contributed by atoms with van der Waals surface area (Å²) in [5.74, 6) is 1.40. The summed E-state index contributed by atoms with van der Waals surface area (Å²) < 4.78 is 0. The number of aromatic nitrogens is 2. The van der Waals surface area contributed by atoms with Gasteiger partial charge in [0.1, 0.15) is 0 Å². The Morgan fingerprint density at radius 2 is 2.10 bits per heavy atom. The van der Waals surface area contributed by atoms with Crippen molar-refractivity contribution < 1.29 is 4.79 Å².